The number of halogens is 1. The van der Waals surface area contributed by atoms with Gasteiger partial charge in [-0.1, -0.05) is 6.07 Å². The molecule has 0 radical (unpaired) electrons. The molecular weight excluding hydrogens is 389 g/mol. The van der Waals surface area contributed by atoms with E-state index in [4.69, 9.17) is 4.74 Å². The smallest absolute Gasteiger partial charge is 0.255 e. The molecule has 1 fully saturated rings. The first-order valence-electron chi connectivity index (χ1n) is 9.74. The second-order valence-corrected chi connectivity index (χ2v) is 6.98. The van der Waals surface area contributed by atoms with Crippen LogP contribution in [-0.2, 0) is 9.53 Å². The molecule has 1 aliphatic rings. The third-order valence-electron chi connectivity index (χ3n) is 4.90. The van der Waals surface area contributed by atoms with Gasteiger partial charge in [0.2, 0.25) is 5.91 Å². The van der Waals surface area contributed by atoms with Crippen LogP contribution in [0.2, 0.25) is 0 Å². The molecule has 0 bridgehead atoms. The van der Waals surface area contributed by atoms with Crippen molar-refractivity contribution in [3.05, 3.63) is 65.5 Å². The fourth-order valence-corrected chi connectivity index (χ4v) is 3.38. The van der Waals surface area contributed by atoms with E-state index in [2.05, 4.69) is 10.6 Å². The van der Waals surface area contributed by atoms with Gasteiger partial charge in [0.1, 0.15) is 11.9 Å². The highest BCUT2D eigenvalue weighted by atomic mass is 19.1. The van der Waals surface area contributed by atoms with Gasteiger partial charge in [0.15, 0.2) is 0 Å². The monoisotopic (exact) mass is 413 g/mol. The lowest BCUT2D eigenvalue weighted by molar-refractivity contribution is -0.125. The number of nitrogens with one attached hydrogen (secondary N) is 2. The summed E-state index contributed by atoms with van der Waals surface area (Å²) in [5.41, 5.74) is 1.12. The van der Waals surface area contributed by atoms with Gasteiger partial charge in [-0.15, -0.1) is 0 Å². The van der Waals surface area contributed by atoms with Gasteiger partial charge < -0.3 is 20.3 Å². The molecule has 1 saturated heterocycles. The van der Waals surface area contributed by atoms with E-state index >= 15 is 0 Å². The zero-order chi connectivity index (χ0) is 21.5. The number of carbonyl (C=O) groups is 3. The molecule has 2 aromatic carbocycles. The Balaban J connectivity index is 1.68. The quantitative estimate of drug-likeness (QED) is 0.683. The number of anilines is 1. The summed E-state index contributed by atoms with van der Waals surface area (Å²) in [5.74, 6) is -1.29. The fourth-order valence-electron chi connectivity index (χ4n) is 3.38. The minimum Gasteiger partial charge on any atom is -0.383 e. The van der Waals surface area contributed by atoms with Crippen LogP contribution >= 0.6 is 0 Å². The number of carbonyl (C=O) groups excluding carboxylic acids is 3. The topological polar surface area (TPSA) is 87.7 Å². The van der Waals surface area contributed by atoms with Crippen LogP contribution in [-0.4, -0.2) is 55.5 Å². The molecule has 0 saturated carbocycles. The molecule has 0 aromatic heterocycles. The number of amides is 3. The molecule has 1 aliphatic heterocycles. The summed E-state index contributed by atoms with van der Waals surface area (Å²) in [6.45, 7) is 1.29. The lowest BCUT2D eigenvalue weighted by atomic mass is 10.1. The second kappa shape index (κ2) is 9.98. The van der Waals surface area contributed by atoms with Crippen LogP contribution in [0.4, 0.5) is 10.1 Å². The molecule has 0 aliphatic carbocycles. The van der Waals surface area contributed by atoms with Crippen LogP contribution in [0, 0.1) is 5.82 Å². The minimum absolute atomic E-state index is 0.196. The Labute approximate surface area is 174 Å². The highest BCUT2D eigenvalue weighted by Crippen LogP contribution is 2.22. The number of rotatable bonds is 7. The third kappa shape index (κ3) is 5.21. The van der Waals surface area contributed by atoms with Crippen LogP contribution in [0.25, 0.3) is 0 Å². The second-order valence-electron chi connectivity index (χ2n) is 6.98. The lowest BCUT2D eigenvalue weighted by Gasteiger charge is -2.24. The van der Waals surface area contributed by atoms with Crippen molar-refractivity contribution in [3.63, 3.8) is 0 Å². The van der Waals surface area contributed by atoms with Crippen LogP contribution < -0.4 is 10.6 Å². The Morgan fingerprint density at radius 1 is 1.13 bits per heavy atom. The summed E-state index contributed by atoms with van der Waals surface area (Å²) in [7, 11) is 1.55. The van der Waals surface area contributed by atoms with Crippen molar-refractivity contribution in [2.75, 3.05) is 32.1 Å². The number of benzene rings is 2. The molecule has 7 nitrogen and oxygen atoms in total. The van der Waals surface area contributed by atoms with E-state index in [0.29, 0.717) is 42.9 Å². The van der Waals surface area contributed by atoms with E-state index in [1.807, 2.05) is 0 Å². The predicted octanol–water partition coefficient (Wildman–Crippen LogP) is 2.45. The lowest BCUT2D eigenvalue weighted by Crippen LogP contribution is -2.46. The number of likely N-dealkylation sites (tertiary alicyclic amines) is 1. The molecule has 1 heterocycles. The molecule has 1 atom stereocenters. The summed E-state index contributed by atoms with van der Waals surface area (Å²) in [6.07, 6.45) is 1.35. The van der Waals surface area contributed by atoms with Gasteiger partial charge in [-0.05, 0) is 55.3 Å². The van der Waals surface area contributed by atoms with Crippen molar-refractivity contribution in [3.8, 4) is 0 Å². The average molecular weight is 413 g/mol. The van der Waals surface area contributed by atoms with Gasteiger partial charge in [-0.2, -0.15) is 0 Å². The van der Waals surface area contributed by atoms with Crippen molar-refractivity contribution >= 4 is 23.4 Å². The zero-order valence-corrected chi connectivity index (χ0v) is 16.7. The SMILES string of the molecule is COCCNC(=O)C1CCCN1C(=O)c1cccc(NC(=O)c2ccc(F)cc2)c1. The number of hydrogen-bond donors (Lipinski definition) is 2. The summed E-state index contributed by atoms with van der Waals surface area (Å²) in [6, 6.07) is 11.2. The first-order chi connectivity index (χ1) is 14.5. The number of methoxy groups -OCH3 is 1. The molecule has 8 heteroatoms. The van der Waals surface area contributed by atoms with Crippen LogP contribution in [0.15, 0.2) is 48.5 Å². The molecule has 158 valence electrons. The Morgan fingerprint density at radius 3 is 2.63 bits per heavy atom. The van der Waals surface area contributed by atoms with Crippen LogP contribution in [0.1, 0.15) is 33.6 Å². The minimum atomic E-state index is -0.521. The maximum absolute atomic E-state index is 13.0. The molecule has 3 amide bonds. The first-order valence-corrected chi connectivity index (χ1v) is 9.74. The summed E-state index contributed by atoms with van der Waals surface area (Å²) >= 11 is 0. The predicted molar refractivity (Wildman–Crippen MR) is 110 cm³/mol. The Kier molecular flexibility index (Phi) is 7.13. The summed E-state index contributed by atoms with van der Waals surface area (Å²) in [4.78, 5) is 39.3. The summed E-state index contributed by atoms with van der Waals surface area (Å²) in [5, 5.41) is 5.49. The largest absolute Gasteiger partial charge is 0.383 e. The number of hydrogen-bond acceptors (Lipinski definition) is 4. The maximum atomic E-state index is 13.0. The van der Waals surface area contributed by atoms with Gasteiger partial charge >= 0.3 is 0 Å². The van der Waals surface area contributed by atoms with E-state index in [1.54, 1.807) is 36.3 Å². The molecule has 1 unspecified atom stereocenters. The van der Waals surface area contributed by atoms with Gasteiger partial charge in [-0.25, -0.2) is 4.39 Å². The normalized spacial score (nSPS) is 15.7. The van der Waals surface area contributed by atoms with Gasteiger partial charge in [-0.3, -0.25) is 14.4 Å². The molecular formula is C22H24FN3O4. The Morgan fingerprint density at radius 2 is 1.90 bits per heavy atom. The third-order valence-corrected chi connectivity index (χ3v) is 4.90. The van der Waals surface area contributed by atoms with Gasteiger partial charge in [0.05, 0.1) is 6.61 Å². The van der Waals surface area contributed by atoms with Crippen LogP contribution in [0.5, 0.6) is 0 Å². The number of nitrogens with zero attached hydrogens (tertiary/aromatic N) is 1. The Hall–Kier alpha value is -3.26. The van der Waals surface area contributed by atoms with Crippen molar-refractivity contribution < 1.29 is 23.5 Å². The zero-order valence-electron chi connectivity index (χ0n) is 16.7. The van der Waals surface area contributed by atoms with E-state index in [9.17, 15) is 18.8 Å². The van der Waals surface area contributed by atoms with Crippen molar-refractivity contribution in [1.29, 1.82) is 0 Å². The first kappa shape index (κ1) is 21.4. The van der Waals surface area contributed by atoms with Crippen molar-refractivity contribution in [1.82, 2.24) is 10.2 Å². The molecule has 2 aromatic rings. The maximum Gasteiger partial charge on any atom is 0.255 e. The van der Waals surface area contributed by atoms with E-state index in [1.165, 1.54) is 24.3 Å². The van der Waals surface area contributed by atoms with E-state index < -0.39 is 17.8 Å². The Bertz CT molecular complexity index is 917. The highest BCUT2D eigenvalue weighted by molar-refractivity contribution is 6.05. The van der Waals surface area contributed by atoms with Crippen molar-refractivity contribution in [2.45, 2.75) is 18.9 Å². The highest BCUT2D eigenvalue weighted by Gasteiger charge is 2.34. The number of ether oxygens (including phenoxy) is 1. The molecule has 0 spiro atoms. The van der Waals surface area contributed by atoms with Crippen molar-refractivity contribution in [2.24, 2.45) is 0 Å². The van der Waals surface area contributed by atoms with E-state index in [-0.39, 0.29) is 11.8 Å². The molecule has 30 heavy (non-hydrogen) atoms. The van der Waals surface area contributed by atoms with Crippen LogP contribution in [0.3, 0.4) is 0 Å². The van der Waals surface area contributed by atoms with E-state index in [0.717, 1.165) is 6.42 Å². The average Bonchev–Trinajstić information content (AvgIpc) is 3.24. The molecule has 3 rings (SSSR count). The van der Waals surface area contributed by atoms with Gasteiger partial charge in [0.25, 0.3) is 11.8 Å². The fraction of sp³-hybridized carbons (Fsp3) is 0.318. The standard InChI is InChI=1S/C22H24FN3O4/c1-30-13-11-24-21(28)19-6-3-12-26(19)22(29)16-4-2-5-18(14-16)25-20(27)15-7-9-17(23)10-8-15/h2,4-5,7-10,14,19H,3,6,11-13H2,1H3,(H,24,28)(H,25,27). The van der Waals surface area contributed by atoms with Gasteiger partial charge in [0, 0.05) is 37.0 Å². The molecule has 2 N–H and O–H groups in total. The summed E-state index contributed by atoms with van der Waals surface area (Å²) < 4.78 is 18.0.